The van der Waals surface area contributed by atoms with Gasteiger partial charge in [0.1, 0.15) is 0 Å². The van der Waals surface area contributed by atoms with Crippen LogP contribution < -0.4 is 5.32 Å². The molecule has 6 nitrogen and oxygen atoms in total. The van der Waals surface area contributed by atoms with E-state index < -0.39 is 12.1 Å². The lowest BCUT2D eigenvalue weighted by molar-refractivity contribution is -0.143. The normalized spacial score (nSPS) is 12.6. The number of aliphatic hydroxyl groups is 2. The van der Waals surface area contributed by atoms with Crippen molar-refractivity contribution in [3.05, 3.63) is 12.2 Å². The van der Waals surface area contributed by atoms with Crippen LogP contribution >= 0.6 is 0 Å². The molecule has 0 heterocycles. The molecule has 0 spiro atoms. The van der Waals surface area contributed by atoms with Crippen molar-refractivity contribution in [3.8, 4) is 0 Å². The molecule has 0 bridgehead atoms. The molecule has 2 atom stereocenters. The quantitative estimate of drug-likeness (QED) is 0.0320. The number of nitrogens with one attached hydrogen (secondary N) is 1. The molecule has 72 heavy (non-hydrogen) atoms. The molecule has 0 rings (SSSR count). The monoisotopic (exact) mass is 1020 g/mol. The van der Waals surface area contributed by atoms with Gasteiger partial charge in [-0.3, -0.25) is 9.59 Å². The second kappa shape index (κ2) is 62.1. The summed E-state index contributed by atoms with van der Waals surface area (Å²) in [5, 5.41) is 23.3. The minimum absolute atomic E-state index is 0.0173. The summed E-state index contributed by atoms with van der Waals surface area (Å²) in [6.45, 7) is 4.98. The van der Waals surface area contributed by atoms with Crippen LogP contribution in [-0.4, -0.2) is 47.4 Å². The fourth-order valence-corrected chi connectivity index (χ4v) is 10.5. The fourth-order valence-electron chi connectivity index (χ4n) is 10.5. The molecule has 0 saturated carbocycles. The van der Waals surface area contributed by atoms with Crippen LogP contribution in [0.4, 0.5) is 0 Å². The van der Waals surface area contributed by atoms with Crippen molar-refractivity contribution in [3.63, 3.8) is 0 Å². The lowest BCUT2D eigenvalue weighted by Gasteiger charge is -2.22. The number of aliphatic hydroxyl groups excluding tert-OH is 2. The van der Waals surface area contributed by atoms with Crippen LogP contribution in [0.3, 0.4) is 0 Å². The van der Waals surface area contributed by atoms with Crippen molar-refractivity contribution >= 4 is 11.9 Å². The number of ether oxygens (including phenoxy) is 1. The number of esters is 1. The SMILES string of the molecule is CCCCCCCCCCCCCCCCCCCC(=O)OCCCCCCCCCCCCCC/C=C\CCCCCCCCCCC(=O)NC(CO)C(O)CCCCCCCCCCCCCCCC. The van der Waals surface area contributed by atoms with E-state index in [1.54, 1.807) is 0 Å². The van der Waals surface area contributed by atoms with Crippen LogP contribution in [0.1, 0.15) is 373 Å². The summed E-state index contributed by atoms with van der Waals surface area (Å²) in [5.74, 6) is -0.0198. The van der Waals surface area contributed by atoms with E-state index >= 15 is 0 Å². The third-order valence-electron chi connectivity index (χ3n) is 15.6. The average Bonchev–Trinajstić information content (AvgIpc) is 3.38. The third kappa shape index (κ3) is 57.9. The maximum absolute atomic E-state index is 12.5. The second-order valence-corrected chi connectivity index (χ2v) is 22.8. The van der Waals surface area contributed by atoms with E-state index in [9.17, 15) is 19.8 Å². The molecule has 1 amide bonds. The van der Waals surface area contributed by atoms with E-state index in [4.69, 9.17) is 4.74 Å². The minimum Gasteiger partial charge on any atom is -0.466 e. The molecule has 0 aromatic rings. The van der Waals surface area contributed by atoms with Gasteiger partial charge in [-0.25, -0.2) is 0 Å². The van der Waals surface area contributed by atoms with Gasteiger partial charge in [0.2, 0.25) is 5.91 Å². The topological polar surface area (TPSA) is 95.9 Å². The second-order valence-electron chi connectivity index (χ2n) is 22.8. The van der Waals surface area contributed by atoms with E-state index in [0.29, 0.717) is 25.9 Å². The average molecular weight is 1020 g/mol. The summed E-state index contributed by atoms with van der Waals surface area (Å²) in [6, 6.07) is -0.544. The highest BCUT2D eigenvalue weighted by atomic mass is 16.5. The number of amides is 1. The van der Waals surface area contributed by atoms with Crippen LogP contribution in [0.15, 0.2) is 12.2 Å². The molecule has 0 aromatic heterocycles. The summed E-state index contributed by atoms with van der Waals surface area (Å²) in [6.07, 6.45) is 75.2. The Labute approximate surface area is 450 Å². The highest BCUT2D eigenvalue weighted by Gasteiger charge is 2.20. The third-order valence-corrected chi connectivity index (χ3v) is 15.6. The number of hydrogen-bond acceptors (Lipinski definition) is 5. The van der Waals surface area contributed by atoms with Crippen LogP contribution in [0.2, 0.25) is 0 Å². The van der Waals surface area contributed by atoms with Crippen LogP contribution in [0.25, 0.3) is 0 Å². The molecule has 428 valence electrons. The first-order valence-corrected chi connectivity index (χ1v) is 32.9. The molecule has 6 heteroatoms. The van der Waals surface area contributed by atoms with Gasteiger partial charge in [0.15, 0.2) is 0 Å². The minimum atomic E-state index is -0.666. The van der Waals surface area contributed by atoms with E-state index in [2.05, 4.69) is 31.3 Å². The largest absolute Gasteiger partial charge is 0.466 e. The Balaban J connectivity index is 3.37. The molecule has 2 unspecified atom stereocenters. The zero-order valence-electron chi connectivity index (χ0n) is 48.9. The van der Waals surface area contributed by atoms with E-state index in [0.717, 1.165) is 38.5 Å². The van der Waals surface area contributed by atoms with Gasteiger partial charge in [-0.2, -0.15) is 0 Å². The van der Waals surface area contributed by atoms with Gasteiger partial charge in [0.25, 0.3) is 0 Å². The van der Waals surface area contributed by atoms with Crippen molar-refractivity contribution in [2.45, 2.75) is 386 Å². The smallest absolute Gasteiger partial charge is 0.305 e. The Kier molecular flexibility index (Phi) is 60.9. The lowest BCUT2D eigenvalue weighted by Crippen LogP contribution is -2.45. The van der Waals surface area contributed by atoms with Gasteiger partial charge in [-0.1, -0.05) is 321 Å². The Bertz CT molecular complexity index is 1080. The first-order valence-electron chi connectivity index (χ1n) is 32.9. The summed E-state index contributed by atoms with van der Waals surface area (Å²) < 4.78 is 5.50. The van der Waals surface area contributed by atoms with Crippen molar-refractivity contribution in [2.75, 3.05) is 13.2 Å². The molecule has 3 N–H and O–H groups in total. The van der Waals surface area contributed by atoms with E-state index in [1.807, 2.05) is 0 Å². The predicted molar refractivity (Wildman–Crippen MR) is 315 cm³/mol. The number of unbranched alkanes of at least 4 members (excludes halogenated alkanes) is 49. The maximum atomic E-state index is 12.5. The molecule has 0 aliphatic carbocycles. The first kappa shape index (κ1) is 70.6. The van der Waals surface area contributed by atoms with Crippen molar-refractivity contribution < 1.29 is 24.5 Å². The Morgan fingerprint density at radius 2 is 0.653 bits per heavy atom. The molecular weight excluding hydrogens is 887 g/mol. The van der Waals surface area contributed by atoms with Crippen LogP contribution in [0.5, 0.6) is 0 Å². The summed E-state index contributed by atoms with van der Waals surface area (Å²) in [4.78, 5) is 24.6. The van der Waals surface area contributed by atoms with E-state index in [-0.39, 0.29) is 18.5 Å². The number of allylic oxidation sites excluding steroid dienone is 2. The zero-order valence-corrected chi connectivity index (χ0v) is 48.9. The number of rotatable bonds is 62. The van der Waals surface area contributed by atoms with Crippen molar-refractivity contribution in [1.82, 2.24) is 5.32 Å². The van der Waals surface area contributed by atoms with Gasteiger partial charge < -0.3 is 20.3 Å². The zero-order chi connectivity index (χ0) is 52.2. The summed E-state index contributed by atoms with van der Waals surface area (Å²) in [7, 11) is 0. The van der Waals surface area contributed by atoms with Crippen LogP contribution in [-0.2, 0) is 14.3 Å². The molecule has 0 fully saturated rings. The molecular formula is C66H129NO5. The van der Waals surface area contributed by atoms with Gasteiger partial charge in [0, 0.05) is 12.8 Å². The van der Waals surface area contributed by atoms with Crippen LogP contribution in [0, 0.1) is 0 Å². The van der Waals surface area contributed by atoms with Gasteiger partial charge in [0.05, 0.1) is 25.4 Å². The highest BCUT2D eigenvalue weighted by Crippen LogP contribution is 2.18. The van der Waals surface area contributed by atoms with E-state index in [1.165, 1.54) is 302 Å². The first-order chi connectivity index (χ1) is 35.5. The molecule has 0 saturated heterocycles. The lowest BCUT2D eigenvalue weighted by atomic mass is 10.0. The predicted octanol–water partition coefficient (Wildman–Crippen LogP) is 20.8. The number of carbonyl (C=O) groups excluding carboxylic acids is 2. The number of carbonyl (C=O) groups is 2. The Morgan fingerprint density at radius 1 is 0.375 bits per heavy atom. The van der Waals surface area contributed by atoms with Gasteiger partial charge in [-0.05, 0) is 51.4 Å². The standard InChI is InChI=1S/C66H129NO5/c1-3-5-7-9-11-13-15-17-19-28-32-36-40-44-48-52-56-60-66(71)72-61-57-53-49-45-41-37-33-30-27-25-23-21-20-22-24-26-29-31-35-39-43-47-51-55-59-65(70)67-63(62-68)64(69)58-54-50-46-42-38-34-18-16-14-12-10-8-6-4-2/h22,24,63-64,68-69H,3-21,23,25-62H2,1-2H3,(H,67,70)/b24-22-. The molecule has 0 aromatic carbocycles. The van der Waals surface area contributed by atoms with Gasteiger partial charge >= 0.3 is 5.97 Å². The summed E-state index contributed by atoms with van der Waals surface area (Å²) in [5.41, 5.74) is 0. The fraction of sp³-hybridized carbons (Fsp3) is 0.939. The Hall–Kier alpha value is -1.40. The van der Waals surface area contributed by atoms with Crippen molar-refractivity contribution in [2.24, 2.45) is 0 Å². The molecule has 0 radical (unpaired) electrons. The maximum Gasteiger partial charge on any atom is 0.305 e. The summed E-state index contributed by atoms with van der Waals surface area (Å²) >= 11 is 0. The molecule has 0 aliphatic heterocycles. The highest BCUT2D eigenvalue weighted by molar-refractivity contribution is 5.76. The molecule has 0 aliphatic rings. The van der Waals surface area contributed by atoms with Gasteiger partial charge in [-0.15, -0.1) is 0 Å². The number of hydrogen-bond donors (Lipinski definition) is 3. The Morgan fingerprint density at radius 3 is 0.986 bits per heavy atom. The van der Waals surface area contributed by atoms with Crippen molar-refractivity contribution in [1.29, 1.82) is 0 Å².